The van der Waals surface area contributed by atoms with Gasteiger partial charge in [0.15, 0.2) is 0 Å². The molecule has 2 aromatic rings. The van der Waals surface area contributed by atoms with Crippen LogP contribution in [0.4, 0.5) is 5.82 Å². The molecule has 58 valence electrons. The zero-order valence-electron chi connectivity index (χ0n) is 6.31. The summed E-state index contributed by atoms with van der Waals surface area (Å²) in [7, 11) is 0. The summed E-state index contributed by atoms with van der Waals surface area (Å²) in [6, 6.07) is 2.00. The van der Waals surface area contributed by atoms with Crippen molar-refractivity contribution in [3.8, 4) is 0 Å². The first-order chi connectivity index (χ1) is 5.95. The quantitative estimate of drug-likeness (QED) is 0.577. The highest BCUT2D eigenvalue weighted by atomic mass is 15.2. The van der Waals surface area contributed by atoms with Crippen molar-refractivity contribution in [1.29, 1.82) is 0 Å². The molecule has 0 spiro atoms. The zero-order chi connectivity index (χ0) is 7.97. The lowest BCUT2D eigenvalue weighted by Gasteiger charge is -1.94. The molecular formula is C8H6N4. The van der Waals surface area contributed by atoms with Gasteiger partial charge in [0.2, 0.25) is 0 Å². The van der Waals surface area contributed by atoms with Crippen molar-refractivity contribution in [2.75, 3.05) is 0 Å². The fourth-order valence-corrected chi connectivity index (χ4v) is 1.49. The summed E-state index contributed by atoms with van der Waals surface area (Å²) in [6.45, 7) is 0.829. The molecule has 1 aliphatic rings. The van der Waals surface area contributed by atoms with Crippen molar-refractivity contribution in [2.24, 2.45) is 4.99 Å². The molecule has 3 heterocycles. The minimum absolute atomic E-state index is 0.829. The van der Waals surface area contributed by atoms with Gasteiger partial charge in [0.25, 0.3) is 0 Å². The van der Waals surface area contributed by atoms with Gasteiger partial charge in [-0.25, -0.2) is 15.0 Å². The van der Waals surface area contributed by atoms with Crippen LogP contribution in [-0.2, 0) is 6.54 Å². The summed E-state index contributed by atoms with van der Waals surface area (Å²) < 4.78 is 2.07. The lowest BCUT2D eigenvalue weighted by atomic mass is 10.4. The van der Waals surface area contributed by atoms with Crippen LogP contribution in [0.25, 0.3) is 11.0 Å². The predicted molar refractivity (Wildman–Crippen MR) is 45.7 cm³/mol. The van der Waals surface area contributed by atoms with Crippen LogP contribution in [0.2, 0.25) is 0 Å². The van der Waals surface area contributed by atoms with Gasteiger partial charge in [0.1, 0.15) is 17.8 Å². The van der Waals surface area contributed by atoms with Crippen LogP contribution in [0.3, 0.4) is 0 Å². The molecule has 3 rings (SSSR count). The Labute approximate surface area is 68.6 Å². The number of hydrogen-bond acceptors (Lipinski definition) is 3. The van der Waals surface area contributed by atoms with Crippen molar-refractivity contribution in [1.82, 2.24) is 14.5 Å². The molecule has 0 N–H and O–H groups in total. The first-order valence-electron chi connectivity index (χ1n) is 3.77. The van der Waals surface area contributed by atoms with Crippen LogP contribution in [0.15, 0.2) is 23.6 Å². The smallest absolute Gasteiger partial charge is 0.145 e. The van der Waals surface area contributed by atoms with E-state index in [9.17, 15) is 0 Å². The van der Waals surface area contributed by atoms with Crippen molar-refractivity contribution < 1.29 is 0 Å². The SMILES string of the molecule is C1=Nc2cc3cncnc3n2C1. The standard InChI is InChI=1S/C8H6N4/c1-2-12-7(10-1)3-6-4-9-5-11-8(6)12/h1,3-5H,2H2. The maximum absolute atomic E-state index is 4.21. The topological polar surface area (TPSA) is 43.1 Å². The monoisotopic (exact) mass is 158 g/mol. The molecule has 0 unspecified atom stereocenters. The third kappa shape index (κ3) is 0.592. The predicted octanol–water partition coefficient (Wildman–Crippen LogP) is 1.15. The number of rotatable bonds is 0. The lowest BCUT2D eigenvalue weighted by Crippen LogP contribution is -1.93. The van der Waals surface area contributed by atoms with Crippen molar-refractivity contribution in [3.63, 3.8) is 0 Å². The van der Waals surface area contributed by atoms with E-state index in [-0.39, 0.29) is 0 Å². The van der Waals surface area contributed by atoms with E-state index in [1.54, 1.807) is 6.33 Å². The van der Waals surface area contributed by atoms with E-state index in [0.717, 1.165) is 23.4 Å². The maximum Gasteiger partial charge on any atom is 0.145 e. The van der Waals surface area contributed by atoms with Crippen LogP contribution in [0.5, 0.6) is 0 Å². The molecular weight excluding hydrogens is 152 g/mol. The van der Waals surface area contributed by atoms with Crippen LogP contribution in [0, 0.1) is 0 Å². The number of hydrogen-bond donors (Lipinski definition) is 0. The maximum atomic E-state index is 4.21. The van der Waals surface area contributed by atoms with E-state index >= 15 is 0 Å². The molecule has 0 aliphatic carbocycles. The molecule has 0 amide bonds. The summed E-state index contributed by atoms with van der Waals surface area (Å²) in [6.07, 6.45) is 5.26. The second-order valence-corrected chi connectivity index (χ2v) is 2.73. The van der Waals surface area contributed by atoms with Crippen molar-refractivity contribution in [2.45, 2.75) is 6.54 Å². The molecule has 0 radical (unpaired) electrons. The molecule has 0 fully saturated rings. The van der Waals surface area contributed by atoms with Gasteiger partial charge in [-0.3, -0.25) is 0 Å². The molecule has 0 aromatic carbocycles. The summed E-state index contributed by atoms with van der Waals surface area (Å²) >= 11 is 0. The first kappa shape index (κ1) is 5.88. The van der Waals surface area contributed by atoms with E-state index in [1.807, 2.05) is 18.5 Å². The number of aliphatic imine (C=N–C) groups is 1. The van der Waals surface area contributed by atoms with Gasteiger partial charge in [-0.05, 0) is 6.07 Å². The third-order valence-corrected chi connectivity index (χ3v) is 2.02. The Morgan fingerprint density at radius 1 is 1.42 bits per heavy atom. The summed E-state index contributed by atoms with van der Waals surface area (Å²) in [5, 5.41) is 1.06. The summed E-state index contributed by atoms with van der Waals surface area (Å²) in [4.78, 5) is 12.3. The van der Waals surface area contributed by atoms with E-state index in [1.165, 1.54) is 0 Å². The highest BCUT2D eigenvalue weighted by molar-refractivity contribution is 5.84. The third-order valence-electron chi connectivity index (χ3n) is 2.02. The average Bonchev–Trinajstić information content (AvgIpc) is 2.62. The molecule has 1 aliphatic heterocycles. The van der Waals surface area contributed by atoms with Crippen molar-refractivity contribution >= 4 is 23.1 Å². The fraction of sp³-hybridized carbons (Fsp3) is 0.125. The molecule has 12 heavy (non-hydrogen) atoms. The normalized spacial score (nSPS) is 14.0. The van der Waals surface area contributed by atoms with Gasteiger partial charge in [-0.15, -0.1) is 0 Å². The minimum atomic E-state index is 0.829. The number of nitrogens with zero attached hydrogens (tertiary/aromatic N) is 4. The Bertz CT molecular complexity index is 469. The van der Waals surface area contributed by atoms with Crippen LogP contribution in [-0.4, -0.2) is 20.7 Å². The highest BCUT2D eigenvalue weighted by Gasteiger charge is 2.10. The molecule has 0 saturated heterocycles. The molecule has 0 atom stereocenters. The summed E-state index contributed by atoms with van der Waals surface area (Å²) in [5.41, 5.74) is 0.970. The molecule has 0 bridgehead atoms. The largest absolute Gasteiger partial charge is 0.305 e. The van der Waals surface area contributed by atoms with E-state index < -0.39 is 0 Å². The Balaban J connectivity index is 2.49. The Morgan fingerprint density at radius 2 is 2.42 bits per heavy atom. The van der Waals surface area contributed by atoms with Crippen LogP contribution in [0.1, 0.15) is 0 Å². The van der Waals surface area contributed by atoms with Gasteiger partial charge in [0, 0.05) is 17.8 Å². The molecule has 2 aromatic heterocycles. The van der Waals surface area contributed by atoms with Crippen LogP contribution >= 0.6 is 0 Å². The number of aromatic nitrogens is 3. The van der Waals surface area contributed by atoms with Crippen molar-refractivity contribution in [3.05, 3.63) is 18.6 Å². The second-order valence-electron chi connectivity index (χ2n) is 2.73. The molecule has 0 saturated carbocycles. The highest BCUT2D eigenvalue weighted by Crippen LogP contribution is 2.25. The Morgan fingerprint density at radius 3 is 3.42 bits per heavy atom. The van der Waals surface area contributed by atoms with E-state index in [4.69, 9.17) is 0 Å². The zero-order valence-corrected chi connectivity index (χ0v) is 6.31. The Hall–Kier alpha value is -1.71. The van der Waals surface area contributed by atoms with E-state index in [2.05, 4.69) is 19.5 Å². The lowest BCUT2D eigenvalue weighted by molar-refractivity contribution is 0.926. The van der Waals surface area contributed by atoms with E-state index in [0.29, 0.717) is 0 Å². The molecule has 4 heteroatoms. The van der Waals surface area contributed by atoms with Gasteiger partial charge < -0.3 is 4.57 Å². The minimum Gasteiger partial charge on any atom is -0.305 e. The summed E-state index contributed by atoms with van der Waals surface area (Å²) in [5.74, 6) is 0.977. The second kappa shape index (κ2) is 1.91. The Kier molecular flexibility index (Phi) is 0.935. The van der Waals surface area contributed by atoms with Gasteiger partial charge >= 0.3 is 0 Å². The van der Waals surface area contributed by atoms with Crippen LogP contribution < -0.4 is 0 Å². The number of fused-ring (bicyclic) bond motifs is 3. The van der Waals surface area contributed by atoms with Gasteiger partial charge in [-0.1, -0.05) is 0 Å². The molecule has 4 nitrogen and oxygen atoms in total. The fourth-order valence-electron chi connectivity index (χ4n) is 1.49. The average molecular weight is 158 g/mol. The first-order valence-corrected chi connectivity index (χ1v) is 3.77. The van der Waals surface area contributed by atoms with Gasteiger partial charge in [-0.2, -0.15) is 0 Å². The van der Waals surface area contributed by atoms with Gasteiger partial charge in [0.05, 0.1) is 6.54 Å².